The lowest BCUT2D eigenvalue weighted by Gasteiger charge is -2.33. The lowest BCUT2D eigenvalue weighted by molar-refractivity contribution is -0.130. The SMILES string of the molecule is COCC1CN(C(=O)CS(C)(=O)=O)Cc2ccnn21. The molecule has 1 aliphatic rings. The van der Waals surface area contributed by atoms with Crippen LogP contribution in [0.1, 0.15) is 11.7 Å². The van der Waals surface area contributed by atoms with Crippen LogP contribution in [-0.2, 0) is 25.9 Å². The van der Waals surface area contributed by atoms with Gasteiger partial charge in [0.1, 0.15) is 5.75 Å². The first-order chi connectivity index (χ1) is 8.90. The molecule has 0 aliphatic carbocycles. The molecule has 1 aromatic heterocycles. The summed E-state index contributed by atoms with van der Waals surface area (Å²) in [6.45, 7) is 1.22. The van der Waals surface area contributed by atoms with Crippen LogP contribution in [-0.4, -0.2) is 61.3 Å². The molecule has 0 N–H and O–H groups in total. The van der Waals surface area contributed by atoms with Gasteiger partial charge in [-0.25, -0.2) is 8.42 Å². The third-order valence-corrected chi connectivity index (χ3v) is 3.75. The number of aromatic nitrogens is 2. The van der Waals surface area contributed by atoms with E-state index >= 15 is 0 Å². The summed E-state index contributed by atoms with van der Waals surface area (Å²) in [6.07, 6.45) is 2.73. The number of nitrogens with zero attached hydrogens (tertiary/aromatic N) is 3. The summed E-state index contributed by atoms with van der Waals surface area (Å²) in [6, 6.07) is 1.75. The van der Waals surface area contributed by atoms with Crippen LogP contribution in [0, 0.1) is 0 Å². The van der Waals surface area contributed by atoms with E-state index in [1.54, 1.807) is 18.2 Å². The quantitative estimate of drug-likeness (QED) is 0.742. The van der Waals surface area contributed by atoms with Gasteiger partial charge in [0.2, 0.25) is 5.91 Å². The second-order valence-electron chi connectivity index (χ2n) is 4.72. The Labute approximate surface area is 112 Å². The molecule has 0 fully saturated rings. The van der Waals surface area contributed by atoms with Gasteiger partial charge in [-0.1, -0.05) is 0 Å². The van der Waals surface area contributed by atoms with E-state index in [4.69, 9.17) is 4.74 Å². The van der Waals surface area contributed by atoms with Crippen molar-refractivity contribution in [2.45, 2.75) is 12.6 Å². The number of sulfone groups is 1. The number of amides is 1. The van der Waals surface area contributed by atoms with E-state index in [-0.39, 0.29) is 11.9 Å². The Morgan fingerprint density at radius 3 is 2.95 bits per heavy atom. The molecule has 0 aromatic carbocycles. The number of carbonyl (C=O) groups excluding carboxylic acids is 1. The second-order valence-corrected chi connectivity index (χ2v) is 6.86. The number of fused-ring (bicyclic) bond motifs is 1. The summed E-state index contributed by atoms with van der Waals surface area (Å²) in [7, 11) is -1.73. The first-order valence-corrected chi connectivity index (χ1v) is 7.93. The third-order valence-electron chi connectivity index (χ3n) is 2.98. The van der Waals surface area contributed by atoms with Crippen molar-refractivity contribution in [2.75, 3.05) is 32.3 Å². The third kappa shape index (κ3) is 3.32. The number of methoxy groups -OCH3 is 1. The normalized spacial score (nSPS) is 19.3. The highest BCUT2D eigenvalue weighted by molar-refractivity contribution is 7.91. The molecule has 1 unspecified atom stereocenters. The van der Waals surface area contributed by atoms with E-state index in [9.17, 15) is 13.2 Å². The van der Waals surface area contributed by atoms with Crippen LogP contribution in [0.15, 0.2) is 12.3 Å². The second kappa shape index (κ2) is 5.30. The number of ether oxygens (including phenoxy) is 1. The highest BCUT2D eigenvalue weighted by atomic mass is 32.2. The minimum atomic E-state index is -3.31. The van der Waals surface area contributed by atoms with E-state index < -0.39 is 15.6 Å². The maximum atomic E-state index is 12.0. The molecule has 2 heterocycles. The summed E-state index contributed by atoms with van der Waals surface area (Å²) in [5.74, 6) is -0.836. The van der Waals surface area contributed by atoms with Gasteiger partial charge in [0.05, 0.1) is 24.9 Å². The molecule has 8 heteroatoms. The van der Waals surface area contributed by atoms with Crippen LogP contribution >= 0.6 is 0 Å². The van der Waals surface area contributed by atoms with Crippen LogP contribution in [0.3, 0.4) is 0 Å². The van der Waals surface area contributed by atoms with Crippen molar-refractivity contribution in [1.29, 1.82) is 0 Å². The van der Waals surface area contributed by atoms with Crippen molar-refractivity contribution in [2.24, 2.45) is 0 Å². The van der Waals surface area contributed by atoms with Gasteiger partial charge in [-0.15, -0.1) is 0 Å². The lowest BCUT2D eigenvalue weighted by Crippen LogP contribution is -2.44. The summed E-state index contributed by atoms with van der Waals surface area (Å²) in [5, 5.41) is 4.21. The van der Waals surface area contributed by atoms with Crippen LogP contribution in [0.2, 0.25) is 0 Å². The standard InChI is InChI=1S/C11H17N3O4S/c1-18-7-10-6-13(11(15)8-19(2,16)17)5-9-3-4-12-14(9)10/h3-4,10H,5-8H2,1-2H3. The summed E-state index contributed by atoms with van der Waals surface area (Å²) in [5.41, 5.74) is 0.884. The zero-order valence-corrected chi connectivity index (χ0v) is 11.8. The fraction of sp³-hybridized carbons (Fsp3) is 0.636. The maximum absolute atomic E-state index is 12.0. The predicted octanol–water partition coefficient (Wildman–Crippen LogP) is -0.543. The van der Waals surface area contributed by atoms with Crippen molar-refractivity contribution >= 4 is 15.7 Å². The van der Waals surface area contributed by atoms with E-state index in [0.717, 1.165) is 11.9 Å². The molecule has 1 atom stereocenters. The summed E-state index contributed by atoms with van der Waals surface area (Å²) >= 11 is 0. The predicted molar refractivity (Wildman–Crippen MR) is 68.3 cm³/mol. The fourth-order valence-corrected chi connectivity index (χ4v) is 2.84. The molecule has 0 bridgehead atoms. The van der Waals surface area contributed by atoms with Crippen molar-refractivity contribution in [3.05, 3.63) is 18.0 Å². The van der Waals surface area contributed by atoms with Crippen molar-refractivity contribution in [3.8, 4) is 0 Å². The van der Waals surface area contributed by atoms with Gasteiger partial charge in [0.15, 0.2) is 9.84 Å². The molecule has 1 aliphatic heterocycles. The first-order valence-electron chi connectivity index (χ1n) is 5.87. The molecule has 19 heavy (non-hydrogen) atoms. The molecule has 0 radical (unpaired) electrons. The topological polar surface area (TPSA) is 81.5 Å². The van der Waals surface area contributed by atoms with E-state index in [1.807, 2.05) is 10.7 Å². The molecule has 2 rings (SSSR count). The largest absolute Gasteiger partial charge is 0.382 e. The first kappa shape index (κ1) is 14.0. The van der Waals surface area contributed by atoms with Crippen molar-refractivity contribution < 1.29 is 17.9 Å². The zero-order valence-electron chi connectivity index (χ0n) is 10.9. The monoisotopic (exact) mass is 287 g/mol. The fourth-order valence-electron chi connectivity index (χ4n) is 2.21. The molecule has 0 spiro atoms. The van der Waals surface area contributed by atoms with Crippen molar-refractivity contribution in [1.82, 2.24) is 14.7 Å². The van der Waals surface area contributed by atoms with Crippen molar-refractivity contribution in [3.63, 3.8) is 0 Å². The molecule has 1 aromatic rings. The van der Waals surface area contributed by atoms with Crippen LogP contribution in [0.25, 0.3) is 0 Å². The van der Waals surface area contributed by atoms with Gasteiger partial charge in [-0.3, -0.25) is 9.48 Å². The maximum Gasteiger partial charge on any atom is 0.238 e. The minimum absolute atomic E-state index is 0.0766. The Morgan fingerprint density at radius 2 is 2.32 bits per heavy atom. The van der Waals surface area contributed by atoms with Gasteiger partial charge in [-0.2, -0.15) is 5.10 Å². The van der Waals surface area contributed by atoms with Gasteiger partial charge in [0.25, 0.3) is 0 Å². The number of carbonyl (C=O) groups is 1. The number of hydrogen-bond donors (Lipinski definition) is 0. The van der Waals surface area contributed by atoms with Gasteiger partial charge >= 0.3 is 0 Å². The van der Waals surface area contributed by atoms with E-state index in [0.29, 0.717) is 19.7 Å². The average Bonchev–Trinajstić information content (AvgIpc) is 2.75. The molecule has 0 saturated heterocycles. The molecule has 106 valence electrons. The number of hydrogen-bond acceptors (Lipinski definition) is 5. The Hall–Kier alpha value is -1.41. The molecular formula is C11H17N3O4S. The Morgan fingerprint density at radius 1 is 1.58 bits per heavy atom. The molecule has 0 saturated carbocycles. The van der Waals surface area contributed by atoms with Gasteiger partial charge in [0, 0.05) is 26.1 Å². The average molecular weight is 287 g/mol. The minimum Gasteiger partial charge on any atom is -0.382 e. The van der Waals surface area contributed by atoms with Gasteiger partial charge < -0.3 is 9.64 Å². The lowest BCUT2D eigenvalue weighted by atomic mass is 10.2. The molecule has 7 nitrogen and oxygen atoms in total. The molecular weight excluding hydrogens is 270 g/mol. The number of rotatable bonds is 4. The zero-order chi connectivity index (χ0) is 14.0. The smallest absolute Gasteiger partial charge is 0.238 e. The van der Waals surface area contributed by atoms with E-state index in [2.05, 4.69) is 5.10 Å². The summed E-state index contributed by atoms with van der Waals surface area (Å²) in [4.78, 5) is 13.5. The van der Waals surface area contributed by atoms with Crippen LogP contribution < -0.4 is 0 Å². The Kier molecular flexibility index (Phi) is 3.91. The van der Waals surface area contributed by atoms with E-state index in [1.165, 1.54) is 0 Å². The van der Waals surface area contributed by atoms with Crippen LogP contribution in [0.4, 0.5) is 0 Å². The summed E-state index contributed by atoms with van der Waals surface area (Å²) < 4.78 is 29.3. The Bertz CT molecular complexity index is 566. The van der Waals surface area contributed by atoms with Crippen LogP contribution in [0.5, 0.6) is 0 Å². The van der Waals surface area contributed by atoms with Gasteiger partial charge in [-0.05, 0) is 6.07 Å². The Balaban J connectivity index is 2.16. The highest BCUT2D eigenvalue weighted by Crippen LogP contribution is 2.20. The molecule has 1 amide bonds. The highest BCUT2D eigenvalue weighted by Gasteiger charge is 2.29.